The van der Waals surface area contributed by atoms with E-state index in [-0.39, 0.29) is 12.4 Å². The van der Waals surface area contributed by atoms with Gasteiger partial charge in [0.25, 0.3) is 0 Å². The first kappa shape index (κ1) is 18.1. The molecular formula is C13H28ClNO. The van der Waals surface area contributed by atoms with E-state index in [1.165, 1.54) is 44.9 Å². The van der Waals surface area contributed by atoms with Crippen molar-refractivity contribution < 1.29 is 4.74 Å². The van der Waals surface area contributed by atoms with E-state index >= 15 is 0 Å². The second kappa shape index (κ2) is 14.8. The summed E-state index contributed by atoms with van der Waals surface area (Å²) in [5.74, 6) is 0.462. The topological polar surface area (TPSA) is 33.1 Å². The predicted molar refractivity (Wildman–Crippen MR) is 73.8 cm³/mol. The third-order valence-electron chi connectivity index (χ3n) is 2.58. The van der Waals surface area contributed by atoms with Crippen LogP contribution >= 0.6 is 12.4 Å². The van der Waals surface area contributed by atoms with Crippen LogP contribution in [0.2, 0.25) is 0 Å². The van der Waals surface area contributed by atoms with Gasteiger partial charge < -0.3 is 4.74 Å². The van der Waals surface area contributed by atoms with Crippen LogP contribution in [0, 0.1) is 5.41 Å². The van der Waals surface area contributed by atoms with Crippen LogP contribution in [-0.4, -0.2) is 12.5 Å². The van der Waals surface area contributed by atoms with E-state index in [0.717, 1.165) is 12.8 Å². The first-order valence-electron chi connectivity index (χ1n) is 6.51. The van der Waals surface area contributed by atoms with Gasteiger partial charge in [-0.15, -0.1) is 12.4 Å². The van der Waals surface area contributed by atoms with Crippen molar-refractivity contribution in [1.29, 1.82) is 5.41 Å². The number of halogens is 1. The van der Waals surface area contributed by atoms with Crippen molar-refractivity contribution >= 4 is 18.3 Å². The largest absolute Gasteiger partial charge is 0.481 e. The molecule has 0 spiro atoms. The smallest absolute Gasteiger partial charge is 0.180 e. The normalized spacial score (nSPS) is 9.62. The molecule has 0 unspecified atom stereocenters. The van der Waals surface area contributed by atoms with Gasteiger partial charge in [0, 0.05) is 6.42 Å². The SMILES string of the molecule is CCCCCCCCCCC(=N)OCC.Cl. The van der Waals surface area contributed by atoms with Gasteiger partial charge in [0.15, 0.2) is 5.90 Å². The Labute approximate surface area is 107 Å². The molecule has 0 saturated heterocycles. The number of hydrogen-bond acceptors (Lipinski definition) is 2. The quantitative estimate of drug-likeness (QED) is 0.332. The van der Waals surface area contributed by atoms with Gasteiger partial charge in [-0.05, 0) is 13.3 Å². The molecule has 0 aliphatic carbocycles. The Morgan fingerprint density at radius 3 is 1.88 bits per heavy atom. The van der Waals surface area contributed by atoms with Crippen molar-refractivity contribution in [2.75, 3.05) is 6.61 Å². The summed E-state index contributed by atoms with van der Waals surface area (Å²) in [4.78, 5) is 0. The summed E-state index contributed by atoms with van der Waals surface area (Å²) < 4.78 is 5.08. The Morgan fingerprint density at radius 2 is 1.38 bits per heavy atom. The second-order valence-electron chi connectivity index (χ2n) is 4.08. The zero-order chi connectivity index (χ0) is 11.4. The van der Waals surface area contributed by atoms with Crippen molar-refractivity contribution in [2.24, 2.45) is 0 Å². The van der Waals surface area contributed by atoms with Crippen LogP contribution in [0.25, 0.3) is 0 Å². The van der Waals surface area contributed by atoms with E-state index in [4.69, 9.17) is 10.1 Å². The molecule has 0 aliphatic heterocycles. The minimum atomic E-state index is 0. The standard InChI is InChI=1S/C13H27NO.ClH/c1-3-5-6-7-8-9-10-11-12-13(14)15-4-2;/h14H,3-12H2,1-2H3;1H. The number of hydrogen-bond donors (Lipinski definition) is 1. The van der Waals surface area contributed by atoms with Crippen molar-refractivity contribution in [2.45, 2.75) is 71.6 Å². The van der Waals surface area contributed by atoms with Crippen molar-refractivity contribution in [3.05, 3.63) is 0 Å². The molecule has 0 fully saturated rings. The monoisotopic (exact) mass is 249 g/mol. The summed E-state index contributed by atoms with van der Waals surface area (Å²) in [7, 11) is 0. The number of unbranched alkanes of at least 4 members (excludes halogenated alkanes) is 7. The summed E-state index contributed by atoms with van der Waals surface area (Å²) in [6.07, 6.45) is 11.4. The highest BCUT2D eigenvalue weighted by Crippen LogP contribution is 2.09. The molecule has 0 amide bonds. The fourth-order valence-electron chi connectivity index (χ4n) is 1.67. The molecular weight excluding hydrogens is 222 g/mol. The zero-order valence-electron chi connectivity index (χ0n) is 10.9. The first-order valence-corrected chi connectivity index (χ1v) is 6.51. The van der Waals surface area contributed by atoms with Crippen LogP contribution in [0.15, 0.2) is 0 Å². The summed E-state index contributed by atoms with van der Waals surface area (Å²) in [6, 6.07) is 0. The molecule has 0 atom stereocenters. The lowest BCUT2D eigenvalue weighted by molar-refractivity contribution is 0.312. The summed E-state index contributed by atoms with van der Waals surface area (Å²) in [5.41, 5.74) is 0. The lowest BCUT2D eigenvalue weighted by atomic mass is 10.1. The summed E-state index contributed by atoms with van der Waals surface area (Å²) in [5, 5.41) is 7.44. The molecule has 0 aromatic carbocycles. The summed E-state index contributed by atoms with van der Waals surface area (Å²) >= 11 is 0. The molecule has 98 valence electrons. The molecule has 0 saturated carbocycles. The van der Waals surface area contributed by atoms with Gasteiger partial charge in [-0.1, -0.05) is 51.9 Å². The maximum atomic E-state index is 7.44. The van der Waals surface area contributed by atoms with Gasteiger partial charge in [-0.3, -0.25) is 5.41 Å². The molecule has 2 nitrogen and oxygen atoms in total. The molecule has 1 N–H and O–H groups in total. The van der Waals surface area contributed by atoms with E-state index < -0.39 is 0 Å². The summed E-state index contributed by atoms with van der Waals surface area (Å²) in [6.45, 7) is 4.82. The minimum absolute atomic E-state index is 0. The first-order chi connectivity index (χ1) is 7.31. The Bertz CT molecular complexity index is 151. The lowest BCUT2D eigenvalue weighted by Gasteiger charge is -2.04. The highest BCUT2D eigenvalue weighted by Gasteiger charge is 1.96. The highest BCUT2D eigenvalue weighted by atomic mass is 35.5. The molecule has 3 heteroatoms. The van der Waals surface area contributed by atoms with E-state index in [2.05, 4.69) is 6.92 Å². The Balaban J connectivity index is 0. The number of ether oxygens (including phenoxy) is 1. The highest BCUT2D eigenvalue weighted by molar-refractivity contribution is 5.85. The Kier molecular flexibility index (Phi) is 16.7. The maximum absolute atomic E-state index is 7.44. The average Bonchev–Trinajstić information content (AvgIpc) is 2.22. The fourth-order valence-corrected chi connectivity index (χ4v) is 1.67. The van der Waals surface area contributed by atoms with Gasteiger partial charge >= 0.3 is 0 Å². The Hall–Kier alpha value is -0.240. The van der Waals surface area contributed by atoms with E-state index in [1.807, 2.05) is 6.92 Å². The van der Waals surface area contributed by atoms with Gasteiger partial charge in [-0.2, -0.15) is 0 Å². The number of nitrogens with one attached hydrogen (secondary N) is 1. The number of rotatable bonds is 10. The fraction of sp³-hybridized carbons (Fsp3) is 0.923. The molecule has 0 aromatic heterocycles. The van der Waals surface area contributed by atoms with Gasteiger partial charge in [-0.25, -0.2) is 0 Å². The van der Waals surface area contributed by atoms with E-state index in [1.54, 1.807) is 0 Å². The zero-order valence-corrected chi connectivity index (χ0v) is 11.7. The van der Waals surface area contributed by atoms with E-state index in [9.17, 15) is 0 Å². The van der Waals surface area contributed by atoms with Crippen molar-refractivity contribution in [1.82, 2.24) is 0 Å². The van der Waals surface area contributed by atoms with Crippen molar-refractivity contribution in [3.8, 4) is 0 Å². The Morgan fingerprint density at radius 1 is 0.875 bits per heavy atom. The lowest BCUT2D eigenvalue weighted by Crippen LogP contribution is -2.02. The molecule has 0 radical (unpaired) electrons. The second-order valence-corrected chi connectivity index (χ2v) is 4.08. The third kappa shape index (κ3) is 13.8. The minimum Gasteiger partial charge on any atom is -0.481 e. The molecule has 0 aromatic rings. The molecule has 0 rings (SSSR count). The van der Waals surface area contributed by atoms with Gasteiger partial charge in [0.05, 0.1) is 6.61 Å². The van der Waals surface area contributed by atoms with Crippen LogP contribution < -0.4 is 0 Å². The maximum Gasteiger partial charge on any atom is 0.180 e. The van der Waals surface area contributed by atoms with Crippen LogP contribution in [0.3, 0.4) is 0 Å². The molecule has 0 bridgehead atoms. The van der Waals surface area contributed by atoms with Crippen LogP contribution in [-0.2, 0) is 4.74 Å². The van der Waals surface area contributed by atoms with Gasteiger partial charge in [0.1, 0.15) is 0 Å². The van der Waals surface area contributed by atoms with Crippen molar-refractivity contribution in [3.63, 3.8) is 0 Å². The van der Waals surface area contributed by atoms with Crippen LogP contribution in [0.4, 0.5) is 0 Å². The average molecular weight is 250 g/mol. The van der Waals surface area contributed by atoms with E-state index in [0.29, 0.717) is 12.5 Å². The van der Waals surface area contributed by atoms with Gasteiger partial charge in [0.2, 0.25) is 0 Å². The molecule has 0 heterocycles. The third-order valence-corrected chi connectivity index (χ3v) is 2.58. The van der Waals surface area contributed by atoms with Crippen LogP contribution in [0.5, 0.6) is 0 Å². The van der Waals surface area contributed by atoms with Crippen LogP contribution in [0.1, 0.15) is 71.6 Å². The predicted octanol–water partition coefficient (Wildman–Crippen LogP) is 4.95. The molecule has 0 aliphatic rings. The molecule has 16 heavy (non-hydrogen) atoms.